The molecule has 0 bridgehead atoms. The van der Waals surface area contributed by atoms with Gasteiger partial charge in [0.25, 0.3) is 0 Å². The second kappa shape index (κ2) is 4.52. The fourth-order valence-electron chi connectivity index (χ4n) is 1.60. The number of carbonyl (C=O) groups is 1. The fourth-order valence-corrected chi connectivity index (χ4v) is 1.60. The monoisotopic (exact) mass is 246 g/mol. The summed E-state index contributed by atoms with van der Waals surface area (Å²) < 4.78 is 13.1. The lowest BCUT2D eigenvalue weighted by Crippen LogP contribution is -2.04. The van der Waals surface area contributed by atoms with E-state index in [1.165, 1.54) is 12.3 Å². The molecule has 0 saturated carbocycles. The predicted octanol–water partition coefficient (Wildman–Crippen LogP) is 2.60. The van der Waals surface area contributed by atoms with Crippen molar-refractivity contribution >= 4 is 5.97 Å². The average Bonchev–Trinajstić information content (AvgIpc) is 2.32. The summed E-state index contributed by atoms with van der Waals surface area (Å²) in [6.07, 6.45) is 1.26. The average molecular weight is 246 g/mol. The van der Waals surface area contributed by atoms with Crippen LogP contribution in [0.3, 0.4) is 0 Å². The normalized spacial score (nSPS) is 10.4. The smallest absolute Gasteiger partial charge is 0.339 e. The molecule has 2 aromatic rings. The Labute approximate surface area is 103 Å². The largest absolute Gasteiger partial charge is 0.478 e. The molecule has 5 heteroatoms. The maximum atomic E-state index is 13.1. The van der Waals surface area contributed by atoms with E-state index in [2.05, 4.69) is 9.97 Å². The summed E-state index contributed by atoms with van der Waals surface area (Å²) in [7, 11) is 0. The second-order valence-electron chi connectivity index (χ2n) is 3.96. The van der Waals surface area contributed by atoms with E-state index in [0.717, 1.165) is 0 Å². The number of aromatic carboxylic acids is 1. The van der Waals surface area contributed by atoms with E-state index in [-0.39, 0.29) is 11.4 Å². The first-order valence-electron chi connectivity index (χ1n) is 5.32. The van der Waals surface area contributed by atoms with E-state index in [9.17, 15) is 9.18 Å². The fraction of sp³-hybridized carbons (Fsp3) is 0.154. The Bertz CT molecular complexity index is 626. The van der Waals surface area contributed by atoms with E-state index in [1.807, 2.05) is 0 Å². The molecular weight excluding hydrogens is 235 g/mol. The zero-order valence-electron chi connectivity index (χ0n) is 9.94. The van der Waals surface area contributed by atoms with Crippen LogP contribution in [0.25, 0.3) is 11.4 Å². The van der Waals surface area contributed by atoms with Gasteiger partial charge in [-0.25, -0.2) is 19.2 Å². The van der Waals surface area contributed by atoms with Crippen molar-refractivity contribution in [2.24, 2.45) is 0 Å². The topological polar surface area (TPSA) is 63.1 Å². The van der Waals surface area contributed by atoms with E-state index in [4.69, 9.17) is 5.11 Å². The highest BCUT2D eigenvalue weighted by Gasteiger charge is 2.11. The van der Waals surface area contributed by atoms with Crippen molar-refractivity contribution in [3.63, 3.8) is 0 Å². The summed E-state index contributed by atoms with van der Waals surface area (Å²) in [5, 5.41) is 8.88. The van der Waals surface area contributed by atoms with Crippen LogP contribution in [0, 0.1) is 19.7 Å². The van der Waals surface area contributed by atoms with Gasteiger partial charge in [-0.1, -0.05) is 0 Å². The molecule has 18 heavy (non-hydrogen) atoms. The molecule has 0 aliphatic carbocycles. The molecule has 0 aliphatic rings. The van der Waals surface area contributed by atoms with Crippen LogP contribution in [0.4, 0.5) is 4.39 Å². The van der Waals surface area contributed by atoms with Crippen molar-refractivity contribution in [3.8, 4) is 11.4 Å². The van der Waals surface area contributed by atoms with E-state index in [0.29, 0.717) is 22.6 Å². The van der Waals surface area contributed by atoms with Gasteiger partial charge in [0.05, 0.1) is 11.3 Å². The summed E-state index contributed by atoms with van der Waals surface area (Å²) in [5.41, 5.74) is 1.61. The first kappa shape index (κ1) is 12.2. The van der Waals surface area contributed by atoms with Gasteiger partial charge in [-0.3, -0.25) is 0 Å². The second-order valence-corrected chi connectivity index (χ2v) is 3.96. The van der Waals surface area contributed by atoms with Crippen LogP contribution >= 0.6 is 0 Å². The molecule has 0 aliphatic heterocycles. The Balaban J connectivity index is 2.48. The third kappa shape index (κ3) is 2.20. The first-order chi connectivity index (χ1) is 8.49. The molecule has 0 radical (unpaired) electrons. The number of benzene rings is 1. The van der Waals surface area contributed by atoms with Gasteiger partial charge < -0.3 is 5.11 Å². The highest BCUT2D eigenvalue weighted by Crippen LogP contribution is 2.19. The van der Waals surface area contributed by atoms with Crippen molar-refractivity contribution in [2.45, 2.75) is 13.8 Å². The summed E-state index contributed by atoms with van der Waals surface area (Å²) >= 11 is 0. The van der Waals surface area contributed by atoms with Crippen molar-refractivity contribution in [2.75, 3.05) is 0 Å². The van der Waals surface area contributed by atoms with Gasteiger partial charge in [0.2, 0.25) is 0 Å². The molecule has 0 spiro atoms. The van der Waals surface area contributed by atoms with Crippen LogP contribution in [0.15, 0.2) is 24.4 Å². The molecule has 0 atom stereocenters. The highest BCUT2D eigenvalue weighted by molar-refractivity contribution is 5.88. The predicted molar refractivity (Wildman–Crippen MR) is 63.9 cm³/mol. The minimum absolute atomic E-state index is 0.0672. The summed E-state index contributed by atoms with van der Waals surface area (Å²) in [6, 6.07) is 4.54. The summed E-state index contributed by atoms with van der Waals surface area (Å²) in [6.45, 7) is 3.25. The Hall–Kier alpha value is -2.30. The molecule has 1 N–H and O–H groups in total. The van der Waals surface area contributed by atoms with E-state index in [1.54, 1.807) is 26.0 Å². The van der Waals surface area contributed by atoms with Crippen LogP contribution < -0.4 is 0 Å². The Morgan fingerprint density at radius 3 is 2.61 bits per heavy atom. The van der Waals surface area contributed by atoms with Gasteiger partial charge in [-0.05, 0) is 37.6 Å². The maximum Gasteiger partial charge on any atom is 0.339 e. The van der Waals surface area contributed by atoms with Crippen molar-refractivity contribution < 1.29 is 14.3 Å². The zero-order valence-corrected chi connectivity index (χ0v) is 9.94. The molecule has 92 valence electrons. The zero-order chi connectivity index (χ0) is 13.3. The van der Waals surface area contributed by atoms with Crippen molar-refractivity contribution in [1.82, 2.24) is 9.97 Å². The van der Waals surface area contributed by atoms with Gasteiger partial charge in [-0.15, -0.1) is 0 Å². The van der Waals surface area contributed by atoms with Gasteiger partial charge in [0.1, 0.15) is 5.82 Å². The lowest BCUT2D eigenvalue weighted by atomic mass is 10.1. The van der Waals surface area contributed by atoms with Gasteiger partial charge >= 0.3 is 5.97 Å². The number of halogens is 1. The van der Waals surface area contributed by atoms with E-state index >= 15 is 0 Å². The van der Waals surface area contributed by atoms with Gasteiger partial charge in [0.15, 0.2) is 5.82 Å². The molecule has 1 aromatic heterocycles. The molecule has 4 nitrogen and oxygen atoms in total. The van der Waals surface area contributed by atoms with Crippen LogP contribution in [0.2, 0.25) is 0 Å². The van der Waals surface area contributed by atoms with Gasteiger partial charge in [0, 0.05) is 11.8 Å². The SMILES string of the molecule is Cc1cc(-c2ncc(C(=O)O)c(C)n2)ccc1F. The standard InChI is InChI=1S/C13H11FN2O2/c1-7-5-9(3-4-11(7)14)12-15-6-10(13(17)18)8(2)16-12/h3-6H,1-2H3,(H,17,18). The molecule has 0 amide bonds. The number of aryl methyl sites for hydroxylation is 2. The minimum Gasteiger partial charge on any atom is -0.478 e. The lowest BCUT2D eigenvalue weighted by molar-refractivity contribution is 0.0695. The number of carboxylic acids is 1. The number of hydrogen-bond donors (Lipinski definition) is 1. The lowest BCUT2D eigenvalue weighted by Gasteiger charge is -2.05. The number of nitrogens with zero attached hydrogens (tertiary/aromatic N) is 2. The number of rotatable bonds is 2. The minimum atomic E-state index is -1.06. The Morgan fingerprint density at radius 1 is 1.33 bits per heavy atom. The summed E-state index contributed by atoms with van der Waals surface area (Å²) in [5.74, 6) is -0.965. The van der Waals surface area contributed by atoms with Gasteiger partial charge in [-0.2, -0.15) is 0 Å². The van der Waals surface area contributed by atoms with Crippen molar-refractivity contribution in [1.29, 1.82) is 0 Å². The van der Waals surface area contributed by atoms with Crippen LogP contribution in [0.5, 0.6) is 0 Å². The number of carboxylic acid groups (broad SMARTS) is 1. The van der Waals surface area contributed by atoms with Crippen LogP contribution in [-0.2, 0) is 0 Å². The Kier molecular flexibility index (Phi) is 3.06. The molecule has 0 fully saturated rings. The molecule has 1 heterocycles. The van der Waals surface area contributed by atoms with E-state index < -0.39 is 5.97 Å². The molecule has 0 unspecified atom stereocenters. The van der Waals surface area contributed by atoms with Crippen LogP contribution in [-0.4, -0.2) is 21.0 Å². The number of hydrogen-bond acceptors (Lipinski definition) is 3. The number of aromatic nitrogens is 2. The molecule has 0 saturated heterocycles. The summed E-state index contributed by atoms with van der Waals surface area (Å²) in [4.78, 5) is 18.9. The first-order valence-corrected chi connectivity index (χ1v) is 5.32. The third-order valence-corrected chi connectivity index (χ3v) is 2.63. The molecule has 2 rings (SSSR count). The van der Waals surface area contributed by atoms with Crippen LogP contribution in [0.1, 0.15) is 21.6 Å². The Morgan fingerprint density at radius 2 is 2.06 bits per heavy atom. The molecular formula is C13H11FN2O2. The molecule has 1 aromatic carbocycles. The highest BCUT2D eigenvalue weighted by atomic mass is 19.1. The quantitative estimate of drug-likeness (QED) is 0.884. The maximum absolute atomic E-state index is 13.1. The third-order valence-electron chi connectivity index (χ3n) is 2.63. The van der Waals surface area contributed by atoms with Crippen molar-refractivity contribution in [3.05, 3.63) is 47.0 Å².